The molecule has 0 aliphatic heterocycles. The van der Waals surface area contributed by atoms with Gasteiger partial charge in [-0.2, -0.15) is 0 Å². The molecule has 20 heavy (non-hydrogen) atoms. The van der Waals surface area contributed by atoms with E-state index in [4.69, 9.17) is 16.3 Å². The summed E-state index contributed by atoms with van der Waals surface area (Å²) in [4.78, 5) is 22.7. The van der Waals surface area contributed by atoms with Gasteiger partial charge in [-0.1, -0.05) is 23.7 Å². The first-order chi connectivity index (χ1) is 9.17. The summed E-state index contributed by atoms with van der Waals surface area (Å²) in [5, 5.41) is 13.8. The Kier molecular flexibility index (Phi) is 5.39. The number of hydrogen-bond donors (Lipinski definition) is 1. The Bertz CT molecular complexity index is 496. The molecule has 0 saturated heterocycles. The van der Waals surface area contributed by atoms with Crippen LogP contribution in [0.3, 0.4) is 0 Å². The summed E-state index contributed by atoms with van der Waals surface area (Å²) >= 11 is 5.83. The highest BCUT2D eigenvalue weighted by Gasteiger charge is 2.20. The Labute approximate surface area is 122 Å². The minimum atomic E-state index is -1.38. The molecule has 0 radical (unpaired) electrons. The van der Waals surface area contributed by atoms with Crippen LogP contribution in [0.25, 0.3) is 0 Å². The van der Waals surface area contributed by atoms with Gasteiger partial charge in [-0.05, 0) is 44.9 Å². The van der Waals surface area contributed by atoms with Gasteiger partial charge in [0.1, 0.15) is 5.60 Å². The first kappa shape index (κ1) is 16.3. The van der Waals surface area contributed by atoms with Gasteiger partial charge in [-0.25, -0.2) is 4.79 Å². The second-order valence-corrected chi connectivity index (χ2v) is 5.79. The Morgan fingerprint density at radius 3 is 2.55 bits per heavy atom. The molecule has 5 nitrogen and oxygen atoms in total. The van der Waals surface area contributed by atoms with Crippen LogP contribution in [0.5, 0.6) is 0 Å². The predicted molar refractivity (Wildman–Crippen MR) is 73.3 cm³/mol. The molecular formula is C14H17ClNO4-. The van der Waals surface area contributed by atoms with Crippen LogP contribution in [0, 0.1) is 0 Å². The monoisotopic (exact) mass is 298 g/mol. The van der Waals surface area contributed by atoms with E-state index in [0.29, 0.717) is 10.6 Å². The van der Waals surface area contributed by atoms with Crippen molar-refractivity contribution in [2.45, 2.75) is 38.8 Å². The second kappa shape index (κ2) is 6.61. The molecule has 1 atom stereocenters. The number of aliphatic carboxylic acids is 1. The number of halogens is 1. The summed E-state index contributed by atoms with van der Waals surface area (Å²) in [7, 11) is 0. The molecule has 1 aromatic carbocycles. The normalized spacial score (nSPS) is 12.6. The van der Waals surface area contributed by atoms with Crippen molar-refractivity contribution in [2.75, 3.05) is 0 Å². The van der Waals surface area contributed by atoms with Gasteiger partial charge in [0.15, 0.2) is 0 Å². The molecule has 0 bridgehead atoms. The van der Waals surface area contributed by atoms with Gasteiger partial charge in [0.25, 0.3) is 0 Å². The summed E-state index contributed by atoms with van der Waals surface area (Å²) in [6.07, 6.45) is -0.726. The number of alkyl carbamates (subject to hydrolysis) is 1. The fourth-order valence-corrected chi connectivity index (χ4v) is 1.76. The van der Waals surface area contributed by atoms with Crippen molar-refractivity contribution in [3.8, 4) is 0 Å². The van der Waals surface area contributed by atoms with Gasteiger partial charge < -0.3 is 20.0 Å². The minimum Gasteiger partial charge on any atom is -0.548 e. The zero-order chi connectivity index (χ0) is 15.3. The van der Waals surface area contributed by atoms with E-state index in [9.17, 15) is 14.7 Å². The average molecular weight is 299 g/mol. The topological polar surface area (TPSA) is 78.5 Å². The molecule has 0 unspecified atom stereocenters. The first-order valence-electron chi connectivity index (χ1n) is 6.12. The molecule has 110 valence electrons. The van der Waals surface area contributed by atoms with Crippen LogP contribution in [0.15, 0.2) is 24.3 Å². The van der Waals surface area contributed by atoms with Crippen molar-refractivity contribution in [3.63, 3.8) is 0 Å². The highest BCUT2D eigenvalue weighted by Crippen LogP contribution is 2.13. The lowest BCUT2D eigenvalue weighted by Gasteiger charge is -2.24. The van der Waals surface area contributed by atoms with Crippen molar-refractivity contribution in [3.05, 3.63) is 34.9 Å². The van der Waals surface area contributed by atoms with Gasteiger partial charge in [-0.15, -0.1) is 0 Å². The molecule has 0 fully saturated rings. The van der Waals surface area contributed by atoms with Crippen molar-refractivity contribution in [1.29, 1.82) is 0 Å². The van der Waals surface area contributed by atoms with Crippen molar-refractivity contribution < 1.29 is 19.4 Å². The van der Waals surface area contributed by atoms with E-state index in [1.165, 1.54) is 0 Å². The predicted octanol–water partition coefficient (Wildman–Crippen LogP) is 1.53. The van der Waals surface area contributed by atoms with Crippen LogP contribution >= 0.6 is 11.6 Å². The number of carbonyl (C=O) groups is 2. The third-order valence-electron chi connectivity index (χ3n) is 2.30. The Morgan fingerprint density at radius 2 is 2.05 bits per heavy atom. The summed E-state index contributed by atoms with van der Waals surface area (Å²) in [6, 6.07) is 5.56. The van der Waals surface area contributed by atoms with Crippen molar-refractivity contribution in [1.82, 2.24) is 5.32 Å². The Balaban J connectivity index is 2.71. The molecule has 0 spiro atoms. The van der Waals surface area contributed by atoms with E-state index in [1.54, 1.807) is 45.0 Å². The molecule has 0 aliphatic rings. The lowest BCUT2D eigenvalue weighted by Crippen LogP contribution is -2.50. The summed E-state index contributed by atoms with van der Waals surface area (Å²) in [6.45, 7) is 5.08. The number of hydrogen-bond acceptors (Lipinski definition) is 4. The largest absolute Gasteiger partial charge is 0.548 e. The quantitative estimate of drug-likeness (QED) is 0.914. The van der Waals surface area contributed by atoms with Crippen molar-refractivity contribution >= 4 is 23.7 Å². The number of ether oxygens (including phenoxy) is 1. The lowest BCUT2D eigenvalue weighted by atomic mass is 10.1. The van der Waals surface area contributed by atoms with E-state index in [0.717, 1.165) is 0 Å². The molecule has 0 aliphatic carbocycles. The van der Waals surface area contributed by atoms with Gasteiger partial charge in [-0.3, -0.25) is 0 Å². The van der Waals surface area contributed by atoms with E-state index < -0.39 is 23.7 Å². The highest BCUT2D eigenvalue weighted by molar-refractivity contribution is 6.30. The van der Waals surface area contributed by atoms with Gasteiger partial charge >= 0.3 is 6.09 Å². The van der Waals surface area contributed by atoms with E-state index in [-0.39, 0.29) is 6.42 Å². The van der Waals surface area contributed by atoms with Gasteiger partial charge in [0.05, 0.1) is 12.0 Å². The lowest BCUT2D eigenvalue weighted by molar-refractivity contribution is -0.308. The number of amides is 1. The van der Waals surface area contributed by atoms with Gasteiger partial charge in [0, 0.05) is 5.02 Å². The van der Waals surface area contributed by atoms with E-state index in [1.807, 2.05) is 0 Å². The van der Waals surface area contributed by atoms with Crippen LogP contribution < -0.4 is 10.4 Å². The maximum absolute atomic E-state index is 11.6. The number of carbonyl (C=O) groups excluding carboxylic acids is 2. The number of carboxylic acid groups (broad SMARTS) is 1. The molecular weight excluding hydrogens is 282 g/mol. The fourth-order valence-electron chi connectivity index (χ4n) is 1.54. The standard InChI is InChI=1S/C14H18ClNO4/c1-14(2,3)20-13(19)16-11(12(17)18)8-9-5-4-6-10(15)7-9/h4-7,11H,8H2,1-3H3,(H,16,19)(H,17,18)/p-1/t11-/m0/s1. The number of nitrogens with one attached hydrogen (secondary N) is 1. The molecule has 1 N–H and O–H groups in total. The molecule has 0 saturated carbocycles. The number of carboxylic acids is 1. The third kappa shape index (κ3) is 5.93. The fraction of sp³-hybridized carbons (Fsp3) is 0.429. The summed E-state index contributed by atoms with van der Waals surface area (Å²) < 4.78 is 5.01. The summed E-state index contributed by atoms with van der Waals surface area (Å²) in [5.41, 5.74) is -0.0147. The van der Waals surface area contributed by atoms with Crippen LogP contribution in [-0.2, 0) is 16.0 Å². The average Bonchev–Trinajstić information content (AvgIpc) is 2.25. The molecule has 1 aromatic rings. The van der Waals surface area contributed by atoms with E-state index in [2.05, 4.69) is 5.32 Å². The smallest absolute Gasteiger partial charge is 0.408 e. The van der Waals surface area contributed by atoms with E-state index >= 15 is 0 Å². The number of benzene rings is 1. The molecule has 0 aromatic heterocycles. The Hall–Kier alpha value is -1.75. The molecule has 6 heteroatoms. The highest BCUT2D eigenvalue weighted by atomic mass is 35.5. The zero-order valence-electron chi connectivity index (χ0n) is 11.6. The van der Waals surface area contributed by atoms with Crippen LogP contribution in [-0.4, -0.2) is 23.7 Å². The number of rotatable bonds is 4. The second-order valence-electron chi connectivity index (χ2n) is 5.35. The van der Waals surface area contributed by atoms with Crippen LogP contribution in [0.1, 0.15) is 26.3 Å². The van der Waals surface area contributed by atoms with Crippen LogP contribution in [0.2, 0.25) is 5.02 Å². The first-order valence-corrected chi connectivity index (χ1v) is 6.50. The molecule has 0 heterocycles. The SMILES string of the molecule is CC(C)(C)OC(=O)N[C@@H](Cc1cccc(Cl)c1)C(=O)[O-]. The van der Waals surface area contributed by atoms with Crippen molar-refractivity contribution in [2.24, 2.45) is 0 Å². The molecule has 1 rings (SSSR count). The third-order valence-corrected chi connectivity index (χ3v) is 2.54. The Morgan fingerprint density at radius 1 is 1.40 bits per heavy atom. The maximum Gasteiger partial charge on any atom is 0.408 e. The van der Waals surface area contributed by atoms with Gasteiger partial charge in [0.2, 0.25) is 0 Å². The maximum atomic E-state index is 11.6. The molecule has 1 amide bonds. The zero-order valence-corrected chi connectivity index (χ0v) is 12.4. The summed E-state index contributed by atoms with van der Waals surface area (Å²) in [5.74, 6) is -1.38. The minimum absolute atomic E-state index is 0.0716. The van der Waals surface area contributed by atoms with Crippen LogP contribution in [0.4, 0.5) is 4.79 Å².